The SMILES string of the molecule is O=S(=O)(O)c1cc(I)c(O)c(I)c1.[Zn]. The smallest absolute Gasteiger partial charge is 0.294 e. The van der Waals surface area contributed by atoms with Gasteiger partial charge >= 0.3 is 0 Å². The molecule has 74 valence electrons. The van der Waals surface area contributed by atoms with Crippen LogP contribution in [0.25, 0.3) is 0 Å². The molecule has 0 saturated heterocycles. The first-order valence-corrected chi connectivity index (χ1v) is 6.57. The minimum atomic E-state index is -4.19. The zero-order valence-corrected chi connectivity index (χ0v) is 14.8. The molecule has 0 aliphatic carbocycles. The zero-order chi connectivity index (χ0) is 10.2. The maximum absolute atomic E-state index is 10.7. The van der Waals surface area contributed by atoms with Crippen LogP contribution in [0.5, 0.6) is 5.75 Å². The molecule has 1 aromatic rings. The van der Waals surface area contributed by atoms with Crippen molar-refractivity contribution in [1.29, 1.82) is 0 Å². The number of halogens is 2. The van der Waals surface area contributed by atoms with Crippen molar-refractivity contribution in [3.8, 4) is 5.75 Å². The Bertz CT molecular complexity index is 422. The second kappa shape index (κ2) is 5.37. The third-order valence-corrected chi connectivity index (χ3v) is 3.76. The van der Waals surface area contributed by atoms with Crippen LogP contribution in [0.15, 0.2) is 17.0 Å². The van der Waals surface area contributed by atoms with Gasteiger partial charge in [-0.1, -0.05) is 0 Å². The van der Waals surface area contributed by atoms with Gasteiger partial charge < -0.3 is 5.11 Å². The molecule has 1 aromatic carbocycles. The summed E-state index contributed by atoms with van der Waals surface area (Å²) in [7, 11) is -4.19. The molecule has 14 heavy (non-hydrogen) atoms. The molecule has 4 nitrogen and oxygen atoms in total. The van der Waals surface area contributed by atoms with Crippen LogP contribution < -0.4 is 0 Å². The first kappa shape index (κ1) is 15.0. The third-order valence-electron chi connectivity index (χ3n) is 1.29. The van der Waals surface area contributed by atoms with Crippen molar-refractivity contribution in [2.24, 2.45) is 0 Å². The van der Waals surface area contributed by atoms with Gasteiger partial charge in [0, 0.05) is 19.5 Å². The molecule has 0 atom stereocenters. The summed E-state index contributed by atoms with van der Waals surface area (Å²) < 4.78 is 30.9. The molecule has 0 aliphatic heterocycles. The summed E-state index contributed by atoms with van der Waals surface area (Å²) in [4.78, 5) is -0.209. The van der Waals surface area contributed by atoms with Crippen molar-refractivity contribution in [2.45, 2.75) is 4.90 Å². The second-order valence-corrected chi connectivity index (χ2v) is 5.96. The average molecular weight is 491 g/mol. The van der Waals surface area contributed by atoms with E-state index in [-0.39, 0.29) is 30.1 Å². The summed E-state index contributed by atoms with van der Waals surface area (Å²) in [5, 5.41) is 9.31. The van der Waals surface area contributed by atoms with E-state index >= 15 is 0 Å². The fourth-order valence-corrected chi connectivity index (χ4v) is 3.42. The van der Waals surface area contributed by atoms with Crippen molar-refractivity contribution < 1.29 is 37.6 Å². The van der Waals surface area contributed by atoms with E-state index in [1.54, 1.807) is 45.2 Å². The van der Waals surface area contributed by atoms with Crippen molar-refractivity contribution in [3.63, 3.8) is 0 Å². The standard InChI is InChI=1S/C6H4I2O4S.Zn/c7-4-1-3(13(10,11)12)2-5(8)6(4)9;/h1-2,9H,(H,10,11,12);. The van der Waals surface area contributed by atoms with Gasteiger partial charge in [-0.05, 0) is 57.3 Å². The summed E-state index contributed by atoms with van der Waals surface area (Å²) in [6.07, 6.45) is 0. The van der Waals surface area contributed by atoms with Crippen LogP contribution in [0, 0.1) is 7.14 Å². The molecule has 0 fully saturated rings. The van der Waals surface area contributed by atoms with Crippen LogP contribution in [0.1, 0.15) is 0 Å². The van der Waals surface area contributed by atoms with Crippen LogP contribution in [0.4, 0.5) is 0 Å². The number of aromatic hydroxyl groups is 1. The summed E-state index contributed by atoms with van der Waals surface area (Å²) in [5.41, 5.74) is 0. The van der Waals surface area contributed by atoms with Crippen molar-refractivity contribution in [1.82, 2.24) is 0 Å². The Morgan fingerprint density at radius 1 is 1.14 bits per heavy atom. The van der Waals surface area contributed by atoms with Gasteiger partial charge in [-0.3, -0.25) is 4.55 Å². The van der Waals surface area contributed by atoms with E-state index in [0.717, 1.165) is 0 Å². The molecule has 0 spiro atoms. The molecule has 0 radical (unpaired) electrons. The molecular formula is C6H4I2O4SZn. The van der Waals surface area contributed by atoms with Crippen molar-refractivity contribution in [3.05, 3.63) is 19.3 Å². The van der Waals surface area contributed by atoms with Crippen LogP contribution >= 0.6 is 45.2 Å². The molecule has 2 N–H and O–H groups in total. The Kier molecular flexibility index (Phi) is 5.76. The molecule has 0 saturated carbocycles. The van der Waals surface area contributed by atoms with Gasteiger partial charge in [0.2, 0.25) is 0 Å². The average Bonchev–Trinajstić information content (AvgIpc) is 1.97. The van der Waals surface area contributed by atoms with Gasteiger partial charge in [0.15, 0.2) is 0 Å². The van der Waals surface area contributed by atoms with Gasteiger partial charge in [0.1, 0.15) is 5.75 Å². The van der Waals surface area contributed by atoms with Crippen molar-refractivity contribution >= 4 is 55.3 Å². The molecule has 0 amide bonds. The van der Waals surface area contributed by atoms with Crippen LogP contribution in [0.3, 0.4) is 0 Å². The largest absolute Gasteiger partial charge is 0.506 e. The predicted octanol–water partition coefficient (Wildman–Crippen LogP) is 1.85. The second-order valence-electron chi connectivity index (χ2n) is 2.21. The fraction of sp³-hybridized carbons (Fsp3) is 0. The topological polar surface area (TPSA) is 74.6 Å². The van der Waals surface area contributed by atoms with E-state index in [0.29, 0.717) is 7.14 Å². The van der Waals surface area contributed by atoms with Crippen LogP contribution in [0.2, 0.25) is 0 Å². The van der Waals surface area contributed by atoms with E-state index < -0.39 is 10.1 Å². The van der Waals surface area contributed by atoms with E-state index in [1.165, 1.54) is 12.1 Å². The van der Waals surface area contributed by atoms with E-state index in [4.69, 9.17) is 4.55 Å². The molecule has 0 aromatic heterocycles. The molecule has 0 bridgehead atoms. The fourth-order valence-electron chi connectivity index (χ4n) is 0.691. The Hall–Kier alpha value is 1.01. The van der Waals surface area contributed by atoms with E-state index in [2.05, 4.69) is 0 Å². The van der Waals surface area contributed by atoms with E-state index in [9.17, 15) is 13.5 Å². The number of phenolic OH excluding ortho intramolecular Hbond substituents is 1. The third kappa shape index (κ3) is 3.55. The Morgan fingerprint density at radius 2 is 1.50 bits per heavy atom. The van der Waals surface area contributed by atoms with Crippen LogP contribution in [-0.4, -0.2) is 18.1 Å². The normalized spacial score (nSPS) is 10.8. The minimum absolute atomic E-state index is 0. The number of rotatable bonds is 1. The maximum Gasteiger partial charge on any atom is 0.294 e. The number of hydrogen-bond acceptors (Lipinski definition) is 3. The van der Waals surface area contributed by atoms with Gasteiger partial charge in [0.25, 0.3) is 10.1 Å². The first-order valence-electron chi connectivity index (χ1n) is 2.98. The van der Waals surface area contributed by atoms with Crippen LogP contribution in [-0.2, 0) is 29.6 Å². The van der Waals surface area contributed by atoms with E-state index in [1.807, 2.05) is 0 Å². The Morgan fingerprint density at radius 3 is 1.79 bits per heavy atom. The minimum Gasteiger partial charge on any atom is -0.506 e. The number of benzene rings is 1. The van der Waals surface area contributed by atoms with Gasteiger partial charge in [0.05, 0.1) is 12.0 Å². The molecule has 0 aliphatic rings. The molecule has 0 unspecified atom stereocenters. The van der Waals surface area contributed by atoms with Gasteiger partial charge in [-0.25, -0.2) is 0 Å². The summed E-state index contributed by atoms with van der Waals surface area (Å²) >= 11 is 3.57. The number of hydrogen-bond donors (Lipinski definition) is 2. The maximum atomic E-state index is 10.7. The summed E-state index contributed by atoms with van der Waals surface area (Å²) in [6.45, 7) is 0. The van der Waals surface area contributed by atoms with Gasteiger partial charge in [-0.15, -0.1) is 0 Å². The van der Waals surface area contributed by atoms with Crippen molar-refractivity contribution in [2.75, 3.05) is 0 Å². The zero-order valence-electron chi connectivity index (χ0n) is 6.74. The summed E-state index contributed by atoms with van der Waals surface area (Å²) in [6, 6.07) is 2.40. The molecule has 0 heterocycles. The first-order chi connectivity index (χ1) is 5.82. The predicted molar refractivity (Wildman–Crippen MR) is 63.4 cm³/mol. The summed E-state index contributed by atoms with van der Waals surface area (Å²) in [5.74, 6) is 0.0219. The monoisotopic (exact) mass is 490 g/mol. The quantitative estimate of drug-likeness (QED) is 0.358. The van der Waals surface area contributed by atoms with Gasteiger partial charge in [-0.2, -0.15) is 8.42 Å². The Balaban J connectivity index is 0.00000169. The molecular weight excluding hydrogens is 487 g/mol. The number of phenols is 1. The molecule has 8 heteroatoms. The molecule has 1 rings (SSSR count). The Labute approximate surface area is 121 Å².